The van der Waals surface area contributed by atoms with Crippen LogP contribution in [0.3, 0.4) is 0 Å². The number of rotatable bonds is 2. The first-order valence-corrected chi connectivity index (χ1v) is 6.52. The molecule has 0 atom stereocenters. The molecule has 0 aliphatic heterocycles. The van der Waals surface area contributed by atoms with Gasteiger partial charge in [-0.05, 0) is 6.08 Å². The van der Waals surface area contributed by atoms with Gasteiger partial charge in [0.25, 0.3) is 0 Å². The molecule has 0 heterocycles. The zero-order valence-corrected chi connectivity index (χ0v) is 12.9. The van der Waals surface area contributed by atoms with Gasteiger partial charge in [0.2, 0.25) is 0 Å². The van der Waals surface area contributed by atoms with E-state index in [2.05, 4.69) is 0 Å². The van der Waals surface area contributed by atoms with Crippen molar-refractivity contribution in [3.05, 3.63) is 83.9 Å². The number of hydrogen-bond donors (Lipinski definition) is 0. The quantitative estimate of drug-likeness (QED) is 0.383. The molecule has 3 aromatic rings. The topological polar surface area (TPSA) is 17.1 Å². The zero-order valence-electron chi connectivity index (χ0n) is 11.8. The van der Waals surface area contributed by atoms with Gasteiger partial charge in [-0.25, -0.2) is 4.79 Å². The van der Waals surface area contributed by atoms with E-state index in [9.17, 15) is 4.79 Å². The molecule has 0 spiro atoms. The van der Waals surface area contributed by atoms with Crippen LogP contribution < -0.4 is 0 Å². The van der Waals surface area contributed by atoms with Crippen molar-refractivity contribution in [2.24, 2.45) is 0 Å². The van der Waals surface area contributed by atoms with E-state index in [1.165, 1.54) is 11.6 Å². The van der Waals surface area contributed by atoms with E-state index in [1.54, 1.807) is 0 Å². The summed E-state index contributed by atoms with van der Waals surface area (Å²) in [5.41, 5.74) is 4.39. The van der Waals surface area contributed by atoms with Crippen LogP contribution in [-0.4, -0.2) is 5.94 Å². The maximum absolute atomic E-state index is 10.4. The second-order valence-electron chi connectivity index (χ2n) is 4.44. The van der Waals surface area contributed by atoms with Crippen LogP contribution in [0.25, 0.3) is 17.2 Å². The van der Waals surface area contributed by atoms with E-state index < -0.39 is 0 Å². The van der Waals surface area contributed by atoms with Gasteiger partial charge in [0.15, 0.2) is 0 Å². The van der Waals surface area contributed by atoms with Crippen LogP contribution in [0.5, 0.6) is 0 Å². The Morgan fingerprint density at radius 3 is 2.10 bits per heavy atom. The molecule has 0 N–H and O–H groups in total. The van der Waals surface area contributed by atoms with Crippen LogP contribution in [0.2, 0.25) is 0 Å². The maximum atomic E-state index is 10.4. The molecule has 3 aromatic carbocycles. The Bertz CT molecular complexity index is 654. The van der Waals surface area contributed by atoms with Crippen LogP contribution in [0.1, 0.15) is 11.1 Å². The summed E-state index contributed by atoms with van der Waals surface area (Å²) in [6.07, 6.45) is 1.48. The fourth-order valence-electron chi connectivity index (χ4n) is 2.11. The molecule has 0 aliphatic rings. The van der Waals surface area contributed by atoms with E-state index >= 15 is 0 Å². The summed E-state index contributed by atoms with van der Waals surface area (Å²) in [5.74, 6) is 1.83. The molecule has 2 heteroatoms. The molecule has 1 nitrogen and oxygen atoms in total. The first kappa shape index (κ1) is 16.9. The molecule has 0 saturated carbocycles. The van der Waals surface area contributed by atoms with Crippen molar-refractivity contribution in [2.75, 3.05) is 0 Å². The predicted molar refractivity (Wildman–Crippen MR) is 84.4 cm³/mol. The second-order valence-corrected chi connectivity index (χ2v) is 4.44. The molecule has 0 bridgehead atoms. The summed E-state index contributed by atoms with van der Waals surface area (Å²) in [6, 6.07) is 24.0. The third-order valence-electron chi connectivity index (χ3n) is 3.03. The molecular formula is C19H16FeO-6. The Labute approximate surface area is 136 Å². The minimum Gasteiger partial charge on any atom is -0.748 e. The standard InChI is InChI=1S/C14H11O.C5H5.Fe/c1-11-7-8-13(9-10-15)14(11)12-5-3-2-4-6-12;1-2-4-5-3-1;/h2-9H,1H3;1-5H;/q-1;-5;. The molecule has 21 heavy (non-hydrogen) atoms. The van der Waals surface area contributed by atoms with E-state index in [0.717, 1.165) is 16.7 Å². The van der Waals surface area contributed by atoms with Crippen molar-refractivity contribution in [2.45, 2.75) is 6.92 Å². The minimum absolute atomic E-state index is 0. The van der Waals surface area contributed by atoms with Gasteiger partial charge in [-0.1, -0.05) is 42.8 Å². The van der Waals surface area contributed by atoms with Gasteiger partial charge in [-0.3, -0.25) is 0 Å². The average Bonchev–Trinajstić information content (AvgIpc) is 3.14. The molecule has 0 unspecified atom stereocenters. The maximum Gasteiger partial charge on any atom is 0.114 e. The Morgan fingerprint density at radius 2 is 1.57 bits per heavy atom. The second kappa shape index (κ2) is 8.94. The van der Waals surface area contributed by atoms with E-state index in [4.69, 9.17) is 0 Å². The minimum atomic E-state index is 0. The summed E-state index contributed by atoms with van der Waals surface area (Å²) >= 11 is 0. The first-order chi connectivity index (χ1) is 9.83. The van der Waals surface area contributed by atoms with Crippen molar-refractivity contribution in [3.8, 4) is 11.1 Å². The van der Waals surface area contributed by atoms with Crippen molar-refractivity contribution in [3.63, 3.8) is 0 Å². The summed E-state index contributed by atoms with van der Waals surface area (Å²) in [6.45, 7) is 2.05. The van der Waals surface area contributed by atoms with Gasteiger partial charge < -0.3 is 30.3 Å². The van der Waals surface area contributed by atoms with Gasteiger partial charge in [-0.2, -0.15) is 12.1 Å². The fraction of sp³-hybridized carbons (Fsp3) is 0.0526. The van der Waals surface area contributed by atoms with Crippen LogP contribution in [0.15, 0.2) is 72.8 Å². The van der Waals surface area contributed by atoms with Gasteiger partial charge in [0.1, 0.15) is 5.94 Å². The summed E-state index contributed by atoms with van der Waals surface area (Å²) in [7, 11) is 0. The molecule has 112 valence electrons. The fourth-order valence-corrected chi connectivity index (χ4v) is 2.11. The molecular weight excluding hydrogens is 300 g/mol. The summed E-state index contributed by atoms with van der Waals surface area (Å²) in [5, 5.41) is 0. The predicted octanol–water partition coefficient (Wildman–Crippen LogP) is 4.63. The summed E-state index contributed by atoms with van der Waals surface area (Å²) in [4.78, 5) is 10.4. The summed E-state index contributed by atoms with van der Waals surface area (Å²) < 4.78 is 0. The van der Waals surface area contributed by atoms with Crippen LogP contribution in [0, 0.1) is 6.92 Å². The van der Waals surface area contributed by atoms with Gasteiger partial charge in [0.05, 0.1) is 0 Å². The van der Waals surface area contributed by atoms with Crippen molar-refractivity contribution >= 4 is 12.0 Å². The van der Waals surface area contributed by atoms with Crippen molar-refractivity contribution in [1.82, 2.24) is 0 Å². The van der Waals surface area contributed by atoms with E-state index in [0.29, 0.717) is 0 Å². The number of carbonyl (C=O) groups excluding carboxylic acids is 1. The Balaban J connectivity index is 0.000000313. The largest absolute Gasteiger partial charge is 0.748 e. The number of benzene rings is 1. The SMILES string of the molecule is C[c-]1ccc(C=C=O)c1-c1ccccc1.[Fe].[cH-]1[cH-][cH-][cH-][cH-]1. The van der Waals surface area contributed by atoms with Crippen LogP contribution >= 0.6 is 0 Å². The Morgan fingerprint density at radius 1 is 1.00 bits per heavy atom. The molecule has 0 aliphatic carbocycles. The van der Waals surface area contributed by atoms with E-state index in [1.807, 2.05) is 85.7 Å². The molecule has 0 aromatic heterocycles. The zero-order chi connectivity index (χ0) is 14.2. The van der Waals surface area contributed by atoms with Crippen molar-refractivity contribution < 1.29 is 21.9 Å². The van der Waals surface area contributed by atoms with E-state index in [-0.39, 0.29) is 17.1 Å². The molecule has 0 fully saturated rings. The Kier molecular flexibility index (Phi) is 7.21. The van der Waals surface area contributed by atoms with Gasteiger partial charge in [-0.15, -0.1) is 16.7 Å². The number of aryl methyl sites for hydroxylation is 1. The molecule has 0 radical (unpaired) electrons. The van der Waals surface area contributed by atoms with Crippen LogP contribution in [0.4, 0.5) is 0 Å². The first-order valence-electron chi connectivity index (χ1n) is 6.52. The van der Waals surface area contributed by atoms with Gasteiger partial charge >= 0.3 is 0 Å². The molecule has 0 amide bonds. The smallest absolute Gasteiger partial charge is 0.114 e. The third kappa shape index (κ3) is 4.73. The molecule has 0 saturated heterocycles. The molecule has 3 rings (SSSR count). The number of hydrogen-bond acceptors (Lipinski definition) is 1. The monoisotopic (exact) mass is 316 g/mol. The van der Waals surface area contributed by atoms with Gasteiger partial charge in [0, 0.05) is 17.1 Å². The van der Waals surface area contributed by atoms with Crippen LogP contribution in [-0.2, 0) is 21.9 Å². The third-order valence-corrected chi connectivity index (χ3v) is 3.03. The Hall–Kier alpha value is -2.11. The van der Waals surface area contributed by atoms with Crippen molar-refractivity contribution in [1.29, 1.82) is 0 Å². The average molecular weight is 316 g/mol. The normalized spacial score (nSPS) is 8.81.